The Labute approximate surface area is 174 Å². The minimum Gasteiger partial charge on any atom is -0.478 e. The van der Waals surface area contributed by atoms with Crippen molar-refractivity contribution in [3.63, 3.8) is 0 Å². The van der Waals surface area contributed by atoms with Crippen molar-refractivity contribution in [3.8, 4) is 0 Å². The topological polar surface area (TPSA) is 119 Å². The fourth-order valence-electron chi connectivity index (χ4n) is 2.60. The highest BCUT2D eigenvalue weighted by Crippen LogP contribution is 2.31. The third-order valence-corrected chi connectivity index (χ3v) is 5.42. The minimum absolute atomic E-state index is 0.0388. The van der Waals surface area contributed by atoms with Crippen molar-refractivity contribution in [2.75, 3.05) is 5.32 Å². The molecule has 5 N–H and O–H groups in total. The Morgan fingerprint density at radius 1 is 1.11 bits per heavy atom. The fourth-order valence-corrected chi connectivity index (χ4v) is 3.94. The lowest BCUT2D eigenvalue weighted by Gasteiger charge is -2.11. The first-order valence-electron chi connectivity index (χ1n) is 7.89. The quantitative estimate of drug-likeness (QED) is 0.495. The van der Waals surface area contributed by atoms with Crippen molar-refractivity contribution < 1.29 is 24.9 Å². The van der Waals surface area contributed by atoms with Crippen LogP contribution < -0.4 is 10.6 Å². The third kappa shape index (κ3) is 4.49. The molecule has 0 bridgehead atoms. The van der Waals surface area contributed by atoms with Gasteiger partial charge < -0.3 is 20.6 Å². The minimum atomic E-state index is -1.37. The Bertz CT molecular complexity index is 982. The summed E-state index contributed by atoms with van der Waals surface area (Å²) in [4.78, 5) is 24.6. The molecule has 0 spiro atoms. The monoisotopic (exact) mass is 440 g/mol. The van der Waals surface area contributed by atoms with Crippen molar-refractivity contribution in [1.29, 1.82) is 0 Å². The molecule has 1 saturated heterocycles. The number of aliphatic hydroxyl groups excluding tert-OH is 2. The molecule has 2 unspecified atom stereocenters. The van der Waals surface area contributed by atoms with Gasteiger partial charge in [0.2, 0.25) is 0 Å². The van der Waals surface area contributed by atoms with Crippen molar-refractivity contribution >= 4 is 58.6 Å². The number of carboxylic acids is 1. The van der Waals surface area contributed by atoms with E-state index in [-0.39, 0.29) is 21.2 Å². The summed E-state index contributed by atoms with van der Waals surface area (Å²) in [5, 5.41) is 33.7. The number of amides is 1. The first kappa shape index (κ1) is 20.7. The highest BCUT2D eigenvalue weighted by atomic mass is 35.5. The molecule has 2 atom stereocenters. The summed E-state index contributed by atoms with van der Waals surface area (Å²) in [6.07, 6.45) is 0.671. The summed E-state index contributed by atoms with van der Waals surface area (Å²) >= 11 is 13.0. The SMILES string of the molecule is O=C(O)c1c(Cl)ccc(Cl)c1C(=O)Nc1cccc(/C=C2\SC(O)NC2O)c1. The van der Waals surface area contributed by atoms with Gasteiger partial charge in [0.05, 0.1) is 21.2 Å². The van der Waals surface area contributed by atoms with Gasteiger partial charge in [0.1, 0.15) is 6.23 Å². The second-order valence-corrected chi connectivity index (χ2v) is 7.72. The van der Waals surface area contributed by atoms with E-state index in [0.29, 0.717) is 16.2 Å². The number of hydrogen-bond donors (Lipinski definition) is 5. The van der Waals surface area contributed by atoms with Gasteiger partial charge in [-0.25, -0.2) is 4.79 Å². The molecule has 0 aromatic heterocycles. The Kier molecular flexibility index (Phi) is 6.29. The number of aromatic carboxylic acids is 1. The molecule has 1 amide bonds. The van der Waals surface area contributed by atoms with Crippen LogP contribution in [0.2, 0.25) is 10.0 Å². The lowest BCUT2D eigenvalue weighted by molar-refractivity contribution is 0.0692. The fraction of sp³-hybridized carbons (Fsp3) is 0.111. The summed E-state index contributed by atoms with van der Waals surface area (Å²) in [6, 6.07) is 9.32. The molecule has 0 radical (unpaired) electrons. The van der Waals surface area contributed by atoms with Crippen LogP contribution in [0, 0.1) is 0 Å². The van der Waals surface area contributed by atoms with Crippen LogP contribution >= 0.6 is 35.0 Å². The first-order valence-corrected chi connectivity index (χ1v) is 9.53. The Morgan fingerprint density at radius 3 is 2.39 bits per heavy atom. The molecule has 2 aromatic rings. The maximum absolute atomic E-state index is 12.6. The summed E-state index contributed by atoms with van der Waals surface area (Å²) in [5.74, 6) is -2.09. The van der Waals surface area contributed by atoms with Crippen LogP contribution in [0.5, 0.6) is 0 Å². The average Bonchev–Trinajstić information content (AvgIpc) is 2.93. The molecule has 28 heavy (non-hydrogen) atoms. The van der Waals surface area contributed by atoms with Crippen LogP contribution in [-0.2, 0) is 0 Å². The van der Waals surface area contributed by atoms with E-state index in [0.717, 1.165) is 11.8 Å². The molecule has 1 aliphatic heterocycles. The van der Waals surface area contributed by atoms with Crippen LogP contribution in [0.4, 0.5) is 5.69 Å². The molecule has 7 nitrogen and oxygen atoms in total. The normalized spacial score (nSPS) is 20.4. The van der Waals surface area contributed by atoms with E-state index in [2.05, 4.69) is 10.6 Å². The summed E-state index contributed by atoms with van der Waals surface area (Å²) in [5.41, 5.74) is -0.470. The predicted octanol–water partition coefficient (Wildman–Crippen LogP) is 3.22. The molecule has 0 saturated carbocycles. The number of hydrogen-bond acceptors (Lipinski definition) is 6. The van der Waals surface area contributed by atoms with Gasteiger partial charge in [-0.1, -0.05) is 47.1 Å². The van der Waals surface area contributed by atoms with Crippen LogP contribution in [0.3, 0.4) is 0 Å². The summed E-state index contributed by atoms with van der Waals surface area (Å²) in [7, 11) is 0. The largest absolute Gasteiger partial charge is 0.478 e. The lowest BCUT2D eigenvalue weighted by Crippen LogP contribution is -2.28. The Hall–Kier alpha value is -2.07. The number of benzene rings is 2. The van der Waals surface area contributed by atoms with Crippen LogP contribution in [0.1, 0.15) is 26.3 Å². The highest BCUT2D eigenvalue weighted by molar-refractivity contribution is 8.03. The number of thioether (sulfide) groups is 1. The molecule has 1 heterocycles. The van der Waals surface area contributed by atoms with E-state index in [9.17, 15) is 24.9 Å². The van der Waals surface area contributed by atoms with Gasteiger partial charge in [0.15, 0.2) is 5.56 Å². The number of carbonyl (C=O) groups excluding carboxylic acids is 1. The van der Waals surface area contributed by atoms with Crippen LogP contribution in [0.15, 0.2) is 41.3 Å². The molecule has 1 aliphatic rings. The number of aliphatic hydroxyl groups is 2. The number of halogens is 2. The molecule has 10 heteroatoms. The lowest BCUT2D eigenvalue weighted by atomic mass is 10.1. The van der Waals surface area contributed by atoms with E-state index in [1.54, 1.807) is 30.3 Å². The van der Waals surface area contributed by atoms with Crippen molar-refractivity contribution in [2.45, 2.75) is 11.8 Å². The molecular weight excluding hydrogens is 427 g/mol. The summed E-state index contributed by atoms with van der Waals surface area (Å²) in [6.45, 7) is 0. The molecular formula is C18H14Cl2N2O5S. The number of carbonyl (C=O) groups is 2. The number of carboxylic acid groups (broad SMARTS) is 1. The van der Waals surface area contributed by atoms with E-state index >= 15 is 0 Å². The maximum atomic E-state index is 12.6. The van der Waals surface area contributed by atoms with Crippen LogP contribution in [-0.4, -0.2) is 39.0 Å². The second-order valence-electron chi connectivity index (χ2n) is 5.75. The van der Waals surface area contributed by atoms with Gasteiger partial charge in [-0.2, -0.15) is 0 Å². The molecule has 1 fully saturated rings. The molecule has 146 valence electrons. The number of rotatable bonds is 4. The van der Waals surface area contributed by atoms with E-state index in [1.165, 1.54) is 12.1 Å². The molecule has 2 aromatic carbocycles. The zero-order chi connectivity index (χ0) is 20.4. The zero-order valence-corrected chi connectivity index (χ0v) is 16.3. The van der Waals surface area contributed by atoms with E-state index < -0.39 is 23.7 Å². The van der Waals surface area contributed by atoms with Gasteiger partial charge in [-0.15, -0.1) is 0 Å². The van der Waals surface area contributed by atoms with Crippen LogP contribution in [0.25, 0.3) is 6.08 Å². The standard InChI is InChI=1S/C18H14Cl2N2O5S/c19-10-4-5-11(20)14(17(25)26)13(10)16(24)21-9-3-1-2-8(6-9)7-12-15(23)22-18(27)28-12/h1-7,15,18,22-23,27H,(H,21,24)(H,25,26)/b12-7-. The van der Waals surface area contributed by atoms with Gasteiger partial charge >= 0.3 is 5.97 Å². The van der Waals surface area contributed by atoms with Gasteiger partial charge in [0.25, 0.3) is 5.91 Å². The van der Waals surface area contributed by atoms with Gasteiger partial charge in [0, 0.05) is 10.6 Å². The number of anilines is 1. The Balaban J connectivity index is 1.88. The third-order valence-electron chi connectivity index (χ3n) is 3.82. The molecule has 3 rings (SSSR count). The second kappa shape index (κ2) is 8.52. The predicted molar refractivity (Wildman–Crippen MR) is 109 cm³/mol. The van der Waals surface area contributed by atoms with Crippen molar-refractivity contribution in [3.05, 3.63) is 68.0 Å². The van der Waals surface area contributed by atoms with E-state index in [1.807, 2.05) is 0 Å². The average molecular weight is 441 g/mol. The maximum Gasteiger partial charge on any atom is 0.338 e. The number of nitrogens with one attached hydrogen (secondary N) is 2. The smallest absolute Gasteiger partial charge is 0.338 e. The van der Waals surface area contributed by atoms with Crippen molar-refractivity contribution in [2.24, 2.45) is 0 Å². The Morgan fingerprint density at radius 2 is 1.79 bits per heavy atom. The van der Waals surface area contributed by atoms with E-state index in [4.69, 9.17) is 23.2 Å². The van der Waals surface area contributed by atoms with Gasteiger partial charge in [-0.05, 0) is 35.9 Å². The first-order chi connectivity index (χ1) is 13.3. The van der Waals surface area contributed by atoms with Crippen molar-refractivity contribution in [1.82, 2.24) is 5.32 Å². The summed E-state index contributed by atoms with van der Waals surface area (Å²) < 4.78 is 0. The zero-order valence-electron chi connectivity index (χ0n) is 14.0. The molecule has 0 aliphatic carbocycles. The van der Waals surface area contributed by atoms with Gasteiger partial charge in [-0.3, -0.25) is 10.1 Å². The highest BCUT2D eigenvalue weighted by Gasteiger charge is 2.26.